The van der Waals surface area contributed by atoms with Gasteiger partial charge in [-0.15, -0.1) is 0 Å². The van der Waals surface area contributed by atoms with E-state index in [-0.39, 0.29) is 11.9 Å². The van der Waals surface area contributed by atoms with Crippen LogP contribution in [-0.4, -0.2) is 51.0 Å². The summed E-state index contributed by atoms with van der Waals surface area (Å²) in [5.74, 6) is 1.16. The second-order valence-corrected chi connectivity index (χ2v) is 9.48. The molecular formula is C26H25F3N6O2. The van der Waals surface area contributed by atoms with Crippen molar-refractivity contribution in [2.75, 3.05) is 18.5 Å². The molecule has 37 heavy (non-hydrogen) atoms. The minimum atomic E-state index is -4.52. The summed E-state index contributed by atoms with van der Waals surface area (Å²) in [6.45, 7) is 3.32. The first-order valence-corrected chi connectivity index (χ1v) is 12.1. The van der Waals surface area contributed by atoms with Crippen LogP contribution in [0.3, 0.4) is 0 Å². The molecule has 2 aliphatic heterocycles. The number of alkyl halides is 3. The summed E-state index contributed by atoms with van der Waals surface area (Å²) in [7, 11) is 0. The van der Waals surface area contributed by atoms with E-state index in [0.717, 1.165) is 41.2 Å². The van der Waals surface area contributed by atoms with Crippen molar-refractivity contribution < 1.29 is 22.6 Å². The van der Waals surface area contributed by atoms with Crippen molar-refractivity contribution in [1.29, 1.82) is 0 Å². The third-order valence-corrected chi connectivity index (χ3v) is 6.57. The van der Waals surface area contributed by atoms with Gasteiger partial charge in [-0.25, -0.2) is 9.50 Å². The van der Waals surface area contributed by atoms with E-state index in [9.17, 15) is 13.2 Å². The van der Waals surface area contributed by atoms with E-state index >= 15 is 0 Å². The number of nitrogens with one attached hydrogen (secondary N) is 2. The second kappa shape index (κ2) is 9.31. The lowest BCUT2D eigenvalue weighted by Gasteiger charge is -2.40. The van der Waals surface area contributed by atoms with E-state index in [1.807, 2.05) is 25.1 Å². The zero-order valence-electron chi connectivity index (χ0n) is 20.0. The van der Waals surface area contributed by atoms with Gasteiger partial charge in [0, 0.05) is 48.4 Å². The van der Waals surface area contributed by atoms with E-state index in [2.05, 4.69) is 25.7 Å². The lowest BCUT2D eigenvalue weighted by Crippen LogP contribution is -2.56. The highest BCUT2D eigenvalue weighted by atomic mass is 19.4. The number of hydrogen-bond donors (Lipinski definition) is 2. The molecular weight excluding hydrogens is 485 g/mol. The topological polar surface area (TPSA) is 85.6 Å². The minimum Gasteiger partial charge on any atom is -0.488 e. The predicted octanol–water partition coefficient (Wildman–Crippen LogP) is 4.76. The molecule has 0 aromatic carbocycles. The molecule has 6 heterocycles. The Morgan fingerprint density at radius 2 is 1.89 bits per heavy atom. The monoisotopic (exact) mass is 510 g/mol. The van der Waals surface area contributed by atoms with Gasteiger partial charge in [0.05, 0.1) is 24.9 Å². The van der Waals surface area contributed by atoms with Gasteiger partial charge in [0.25, 0.3) is 0 Å². The van der Waals surface area contributed by atoms with Gasteiger partial charge in [-0.1, -0.05) is 6.07 Å². The molecule has 0 spiro atoms. The molecule has 0 saturated carbocycles. The van der Waals surface area contributed by atoms with Gasteiger partial charge in [0.1, 0.15) is 23.4 Å². The highest BCUT2D eigenvalue weighted by Gasteiger charge is 2.34. The van der Waals surface area contributed by atoms with E-state index < -0.39 is 11.9 Å². The molecule has 3 atom stereocenters. The van der Waals surface area contributed by atoms with Crippen LogP contribution in [0.1, 0.15) is 24.2 Å². The SMILES string of the molecule is Cc1cc(-c2ccn3nc(Nc4cccc(C(F)(F)F)n4)cc3c2)c(O[C@H]2C[C@H]3COC[C@@H](C2)N3)cn1. The highest BCUT2D eigenvalue weighted by molar-refractivity contribution is 5.75. The van der Waals surface area contributed by atoms with Crippen molar-refractivity contribution in [2.24, 2.45) is 0 Å². The van der Waals surface area contributed by atoms with E-state index in [1.54, 1.807) is 23.0 Å². The van der Waals surface area contributed by atoms with Gasteiger partial charge >= 0.3 is 6.18 Å². The van der Waals surface area contributed by atoms with Gasteiger partial charge < -0.3 is 20.1 Å². The van der Waals surface area contributed by atoms with Gasteiger partial charge in [0.15, 0.2) is 5.82 Å². The average Bonchev–Trinajstić information content (AvgIpc) is 3.26. The zero-order valence-corrected chi connectivity index (χ0v) is 20.0. The van der Waals surface area contributed by atoms with Crippen molar-refractivity contribution >= 4 is 17.2 Å². The number of hydrogen-bond acceptors (Lipinski definition) is 7. The first kappa shape index (κ1) is 23.7. The van der Waals surface area contributed by atoms with Crippen molar-refractivity contribution in [3.63, 3.8) is 0 Å². The number of fused-ring (bicyclic) bond motifs is 3. The van der Waals surface area contributed by atoms with Gasteiger partial charge in [-0.3, -0.25) is 4.98 Å². The average molecular weight is 511 g/mol. The molecule has 0 amide bonds. The standard InChI is InChI=1S/C26H25F3N6O2/c1-15-7-21(22(12-30-15)37-20-9-17-13-36-14-18(10-20)31-17)16-5-6-35-19(8-16)11-25(34-35)33-24-4-2-3-23(32-24)26(27,28)29/h2-8,11-12,17-18,20,31H,9-10,13-14H2,1H3,(H,32,33,34)/t17-,18+,20-. The lowest BCUT2D eigenvalue weighted by molar-refractivity contribution is -0.141. The molecule has 2 aliphatic rings. The molecule has 4 aromatic rings. The van der Waals surface area contributed by atoms with Crippen LogP contribution in [0.5, 0.6) is 5.75 Å². The third-order valence-electron chi connectivity index (χ3n) is 6.57. The molecule has 4 aromatic heterocycles. The van der Waals surface area contributed by atoms with Gasteiger partial charge in [-0.2, -0.15) is 18.3 Å². The number of aryl methyl sites for hydroxylation is 1. The Bertz CT molecular complexity index is 1430. The van der Waals surface area contributed by atoms with Crippen LogP contribution in [-0.2, 0) is 10.9 Å². The maximum Gasteiger partial charge on any atom is 0.433 e. The second-order valence-electron chi connectivity index (χ2n) is 9.48. The Balaban J connectivity index is 1.26. The minimum absolute atomic E-state index is 0.0658. The Kier molecular flexibility index (Phi) is 5.96. The summed E-state index contributed by atoms with van der Waals surface area (Å²) in [4.78, 5) is 8.11. The number of anilines is 2. The molecule has 2 saturated heterocycles. The summed E-state index contributed by atoms with van der Waals surface area (Å²) in [6.07, 6.45) is 0.855. The first-order valence-electron chi connectivity index (χ1n) is 12.1. The van der Waals surface area contributed by atoms with Gasteiger partial charge in [-0.05, 0) is 42.8 Å². The number of aromatic nitrogens is 4. The van der Waals surface area contributed by atoms with Crippen molar-refractivity contribution in [2.45, 2.75) is 44.1 Å². The Morgan fingerprint density at radius 3 is 2.68 bits per heavy atom. The molecule has 0 aliphatic carbocycles. The van der Waals surface area contributed by atoms with Crippen LogP contribution in [0.4, 0.5) is 24.8 Å². The molecule has 0 unspecified atom stereocenters. The maximum atomic E-state index is 13.0. The first-order chi connectivity index (χ1) is 17.8. The highest BCUT2D eigenvalue weighted by Crippen LogP contribution is 2.34. The number of morpholine rings is 1. The normalized spacial score (nSPS) is 21.7. The van der Waals surface area contributed by atoms with Crippen molar-refractivity contribution in [3.8, 4) is 16.9 Å². The molecule has 2 bridgehead atoms. The van der Waals surface area contributed by atoms with Crippen LogP contribution in [0, 0.1) is 6.92 Å². The van der Waals surface area contributed by atoms with Crippen LogP contribution < -0.4 is 15.4 Å². The van der Waals surface area contributed by atoms with Crippen LogP contribution in [0.25, 0.3) is 16.6 Å². The summed E-state index contributed by atoms with van der Waals surface area (Å²) >= 11 is 0. The fraction of sp³-hybridized carbons (Fsp3) is 0.346. The zero-order chi connectivity index (χ0) is 25.6. The Labute approximate surface area is 210 Å². The predicted molar refractivity (Wildman–Crippen MR) is 131 cm³/mol. The molecule has 192 valence electrons. The molecule has 2 N–H and O–H groups in total. The summed E-state index contributed by atoms with van der Waals surface area (Å²) in [6, 6.07) is 11.9. The quantitative estimate of drug-likeness (QED) is 0.400. The maximum absolute atomic E-state index is 13.0. The smallest absolute Gasteiger partial charge is 0.433 e. The molecule has 8 nitrogen and oxygen atoms in total. The Hall–Kier alpha value is -3.70. The van der Waals surface area contributed by atoms with Crippen molar-refractivity contribution in [1.82, 2.24) is 24.9 Å². The third kappa shape index (κ3) is 5.09. The molecule has 2 fully saturated rings. The number of rotatable bonds is 5. The molecule has 11 heteroatoms. The van der Waals surface area contributed by atoms with Crippen LogP contribution >= 0.6 is 0 Å². The van der Waals surface area contributed by atoms with E-state index in [0.29, 0.717) is 36.9 Å². The largest absolute Gasteiger partial charge is 0.488 e. The van der Waals surface area contributed by atoms with E-state index in [1.165, 1.54) is 12.1 Å². The Morgan fingerprint density at radius 1 is 1.08 bits per heavy atom. The number of pyridine rings is 3. The summed E-state index contributed by atoms with van der Waals surface area (Å²) in [5.41, 5.74) is 2.51. The lowest BCUT2D eigenvalue weighted by atomic mass is 9.94. The van der Waals surface area contributed by atoms with Gasteiger partial charge in [0.2, 0.25) is 0 Å². The summed E-state index contributed by atoms with van der Waals surface area (Å²) < 4.78 is 52.8. The number of ether oxygens (including phenoxy) is 2. The number of halogens is 3. The summed E-state index contributed by atoms with van der Waals surface area (Å²) in [5, 5.41) is 10.9. The number of nitrogens with zero attached hydrogens (tertiary/aromatic N) is 4. The van der Waals surface area contributed by atoms with Crippen LogP contribution in [0.15, 0.2) is 54.9 Å². The fourth-order valence-electron chi connectivity index (χ4n) is 4.94. The molecule has 6 rings (SSSR count). The molecule has 0 radical (unpaired) electrons. The fourth-order valence-corrected chi connectivity index (χ4v) is 4.94. The van der Waals surface area contributed by atoms with Crippen LogP contribution in [0.2, 0.25) is 0 Å². The number of piperidine rings is 1. The van der Waals surface area contributed by atoms with E-state index in [4.69, 9.17) is 9.47 Å². The van der Waals surface area contributed by atoms with Crippen molar-refractivity contribution in [3.05, 3.63) is 66.2 Å².